The molecule has 0 unspecified atom stereocenters. The molecule has 0 fully saturated rings. The maximum atomic E-state index is 13.9. The number of hydrogen-bond acceptors (Lipinski definition) is 5. The van der Waals surface area contributed by atoms with Crippen LogP contribution >= 0.6 is 11.6 Å². The normalized spacial score (nSPS) is 19.2. The van der Waals surface area contributed by atoms with Crippen LogP contribution in [-0.4, -0.2) is 28.7 Å². The lowest BCUT2D eigenvalue weighted by molar-refractivity contribution is -0.173. The number of ether oxygens (including phenoxy) is 2. The van der Waals surface area contributed by atoms with Gasteiger partial charge in [-0.05, 0) is 42.0 Å². The van der Waals surface area contributed by atoms with E-state index in [4.69, 9.17) is 21.1 Å². The maximum absolute atomic E-state index is 13.9. The lowest BCUT2D eigenvalue weighted by Crippen LogP contribution is -2.35. The number of amides is 1. The van der Waals surface area contributed by atoms with Crippen LogP contribution in [0, 0.1) is 0 Å². The molecule has 166 valence electrons. The topological polar surface area (TPSA) is 77.4 Å². The van der Waals surface area contributed by atoms with Crippen LogP contribution < -0.4 is 20.1 Å². The van der Waals surface area contributed by atoms with Crippen LogP contribution in [0.3, 0.4) is 0 Å². The van der Waals surface area contributed by atoms with Crippen LogP contribution in [0.5, 0.6) is 11.5 Å². The molecule has 2 atom stereocenters. The molecule has 2 aliphatic heterocycles. The van der Waals surface area contributed by atoms with Gasteiger partial charge >= 0.3 is 6.18 Å². The fourth-order valence-corrected chi connectivity index (χ4v) is 3.89. The van der Waals surface area contributed by atoms with E-state index in [-0.39, 0.29) is 24.7 Å². The van der Waals surface area contributed by atoms with Crippen LogP contribution in [0.1, 0.15) is 34.6 Å². The molecular formula is C21H16ClF3N4O3. The number of nitrogens with one attached hydrogen (secondary N) is 2. The van der Waals surface area contributed by atoms with E-state index < -0.39 is 24.2 Å². The minimum absolute atomic E-state index is 0.0704. The van der Waals surface area contributed by atoms with Crippen LogP contribution in [0.2, 0.25) is 5.02 Å². The molecule has 2 aliphatic rings. The lowest BCUT2D eigenvalue weighted by atomic mass is 9.96. The number of halogens is 4. The van der Waals surface area contributed by atoms with Gasteiger partial charge in [0.15, 0.2) is 23.2 Å². The Morgan fingerprint density at radius 1 is 1.12 bits per heavy atom. The Kier molecular flexibility index (Phi) is 4.89. The third-order valence-electron chi connectivity index (χ3n) is 5.32. The van der Waals surface area contributed by atoms with Crippen molar-refractivity contribution >= 4 is 29.0 Å². The Balaban J connectivity index is 1.44. The highest BCUT2D eigenvalue weighted by molar-refractivity contribution is 6.30. The maximum Gasteiger partial charge on any atom is 0.410 e. The van der Waals surface area contributed by atoms with Crippen LogP contribution in [-0.2, 0) is 0 Å². The van der Waals surface area contributed by atoms with Crippen molar-refractivity contribution in [2.75, 3.05) is 17.4 Å². The number of alkyl halides is 3. The first-order chi connectivity index (χ1) is 15.3. The number of carbonyl (C=O) groups excluding carboxylic acids is 1. The first kappa shape index (κ1) is 20.5. The van der Waals surface area contributed by atoms with Gasteiger partial charge in [0, 0.05) is 23.2 Å². The van der Waals surface area contributed by atoms with Crippen LogP contribution in [0.25, 0.3) is 0 Å². The largest absolute Gasteiger partial charge is 0.454 e. The van der Waals surface area contributed by atoms with E-state index in [1.165, 1.54) is 6.07 Å². The molecule has 2 aromatic carbocycles. The van der Waals surface area contributed by atoms with Crippen molar-refractivity contribution < 1.29 is 27.4 Å². The van der Waals surface area contributed by atoms with Crippen molar-refractivity contribution in [2.45, 2.75) is 24.7 Å². The number of aromatic nitrogens is 2. The van der Waals surface area contributed by atoms with Gasteiger partial charge in [-0.15, -0.1) is 0 Å². The summed E-state index contributed by atoms with van der Waals surface area (Å²) in [6.07, 6.45) is -4.85. The molecule has 5 rings (SSSR count). The zero-order valence-corrected chi connectivity index (χ0v) is 17.1. The minimum Gasteiger partial charge on any atom is -0.454 e. The zero-order chi connectivity index (χ0) is 22.5. The van der Waals surface area contributed by atoms with Crippen molar-refractivity contribution in [3.8, 4) is 11.5 Å². The zero-order valence-electron chi connectivity index (χ0n) is 16.3. The first-order valence-electron chi connectivity index (χ1n) is 9.67. The summed E-state index contributed by atoms with van der Waals surface area (Å²) < 4.78 is 53.1. The van der Waals surface area contributed by atoms with Crippen LogP contribution in [0.15, 0.2) is 48.5 Å². The van der Waals surface area contributed by atoms with Crippen molar-refractivity contribution in [1.82, 2.24) is 9.78 Å². The van der Waals surface area contributed by atoms with Crippen molar-refractivity contribution in [3.05, 3.63) is 64.8 Å². The van der Waals surface area contributed by atoms with E-state index in [0.29, 0.717) is 27.8 Å². The second-order valence-corrected chi connectivity index (χ2v) is 7.86. The minimum atomic E-state index is -4.55. The molecule has 7 nitrogen and oxygen atoms in total. The van der Waals surface area contributed by atoms with Crippen molar-refractivity contribution in [2.24, 2.45) is 0 Å². The van der Waals surface area contributed by atoms with E-state index in [0.717, 1.165) is 4.68 Å². The van der Waals surface area contributed by atoms with Gasteiger partial charge in [0.2, 0.25) is 6.79 Å². The van der Waals surface area contributed by atoms with Gasteiger partial charge in [-0.2, -0.15) is 18.3 Å². The molecule has 3 heterocycles. The van der Waals surface area contributed by atoms with Crippen LogP contribution in [0.4, 0.5) is 24.7 Å². The van der Waals surface area contributed by atoms with E-state index in [9.17, 15) is 18.0 Å². The third-order valence-corrected chi connectivity index (χ3v) is 5.58. The Hall–Kier alpha value is -3.40. The molecule has 0 bridgehead atoms. The van der Waals surface area contributed by atoms with E-state index in [1.807, 2.05) is 0 Å². The summed E-state index contributed by atoms with van der Waals surface area (Å²) in [6, 6.07) is 10.1. The number of rotatable bonds is 3. The Morgan fingerprint density at radius 3 is 2.62 bits per heavy atom. The van der Waals surface area contributed by atoms with Crippen molar-refractivity contribution in [1.29, 1.82) is 0 Å². The number of anilines is 2. The highest BCUT2D eigenvalue weighted by atomic mass is 35.5. The summed E-state index contributed by atoms with van der Waals surface area (Å²) in [4.78, 5) is 12.6. The van der Waals surface area contributed by atoms with E-state index >= 15 is 0 Å². The Labute approximate surface area is 185 Å². The average Bonchev–Trinajstić information content (AvgIpc) is 3.40. The molecule has 1 amide bonds. The lowest BCUT2D eigenvalue weighted by Gasteiger charge is -2.33. The molecule has 3 aromatic rings. The second kappa shape index (κ2) is 7.63. The highest BCUT2D eigenvalue weighted by Gasteiger charge is 2.47. The molecular weight excluding hydrogens is 449 g/mol. The summed E-state index contributed by atoms with van der Waals surface area (Å²) in [5.74, 6) is 0.497. The predicted octanol–water partition coefficient (Wildman–Crippen LogP) is 5.18. The molecule has 0 saturated carbocycles. The number of nitrogens with zero attached hydrogens (tertiary/aromatic N) is 2. The first-order valence-corrected chi connectivity index (χ1v) is 10.0. The SMILES string of the molecule is O=C(Nc1ccc(Cl)cc1)c1cc2n(n1)[C@@H](C(F)(F)F)C[C@@H](c1ccc3c(c1)OCO3)N2. The van der Waals surface area contributed by atoms with E-state index in [1.54, 1.807) is 42.5 Å². The van der Waals surface area contributed by atoms with Gasteiger partial charge in [0.05, 0.1) is 6.04 Å². The fourth-order valence-electron chi connectivity index (χ4n) is 3.76. The Morgan fingerprint density at radius 2 is 1.88 bits per heavy atom. The van der Waals surface area contributed by atoms with Gasteiger partial charge in [-0.25, -0.2) is 4.68 Å². The van der Waals surface area contributed by atoms with Crippen molar-refractivity contribution in [3.63, 3.8) is 0 Å². The predicted molar refractivity (Wildman–Crippen MR) is 110 cm³/mol. The Bertz CT molecular complexity index is 1180. The number of hydrogen-bond donors (Lipinski definition) is 2. The number of benzene rings is 2. The fraction of sp³-hybridized carbons (Fsp3) is 0.238. The standard InChI is InChI=1S/C21H16ClF3N4O3/c22-12-2-4-13(5-3-12)26-20(30)15-9-19-27-14(8-18(21(23,24)25)29(19)28-15)11-1-6-16-17(7-11)32-10-31-16/h1-7,9,14,18,27H,8,10H2,(H,26,30)/t14-,18+/m0/s1. The van der Waals surface area contributed by atoms with Gasteiger partial charge < -0.3 is 20.1 Å². The quantitative estimate of drug-likeness (QED) is 0.558. The molecule has 1 aromatic heterocycles. The van der Waals surface area contributed by atoms with Gasteiger partial charge in [0.25, 0.3) is 5.91 Å². The molecule has 2 N–H and O–H groups in total. The highest BCUT2D eigenvalue weighted by Crippen LogP contribution is 2.45. The van der Waals surface area contributed by atoms with Gasteiger partial charge in [0.1, 0.15) is 5.82 Å². The number of fused-ring (bicyclic) bond motifs is 2. The molecule has 0 radical (unpaired) electrons. The summed E-state index contributed by atoms with van der Waals surface area (Å²) in [5, 5.41) is 10.1. The summed E-state index contributed by atoms with van der Waals surface area (Å²) in [5.41, 5.74) is 0.926. The summed E-state index contributed by atoms with van der Waals surface area (Å²) >= 11 is 5.83. The smallest absolute Gasteiger partial charge is 0.410 e. The number of carbonyl (C=O) groups is 1. The molecule has 0 saturated heterocycles. The monoisotopic (exact) mass is 464 g/mol. The average molecular weight is 465 g/mol. The summed E-state index contributed by atoms with van der Waals surface area (Å²) in [6.45, 7) is 0.0704. The molecule has 0 spiro atoms. The second-order valence-electron chi connectivity index (χ2n) is 7.42. The summed E-state index contributed by atoms with van der Waals surface area (Å²) in [7, 11) is 0. The molecule has 0 aliphatic carbocycles. The van der Waals surface area contributed by atoms with Gasteiger partial charge in [-0.3, -0.25) is 4.79 Å². The third kappa shape index (κ3) is 3.81. The van der Waals surface area contributed by atoms with Gasteiger partial charge in [-0.1, -0.05) is 17.7 Å². The van der Waals surface area contributed by atoms with E-state index in [2.05, 4.69) is 15.7 Å². The molecule has 32 heavy (non-hydrogen) atoms. The molecule has 11 heteroatoms.